The zero-order chi connectivity index (χ0) is 25.5. The van der Waals surface area contributed by atoms with Gasteiger partial charge in [-0.15, -0.1) is 4.52 Å². The molecule has 2 fully saturated rings. The van der Waals surface area contributed by atoms with Gasteiger partial charge in [-0.2, -0.15) is 0 Å². The van der Waals surface area contributed by atoms with Gasteiger partial charge < -0.3 is 40.7 Å². The van der Waals surface area contributed by atoms with Crippen molar-refractivity contribution >= 4 is 33.1 Å². The van der Waals surface area contributed by atoms with Crippen LogP contribution in [0.15, 0.2) is 12.7 Å². The summed E-state index contributed by atoms with van der Waals surface area (Å²) in [6, 6.07) is 0. The molecule has 10 atom stereocenters. The van der Waals surface area contributed by atoms with Crippen molar-refractivity contribution in [2.75, 3.05) is 18.9 Å². The second kappa shape index (κ2) is 10.3. The van der Waals surface area contributed by atoms with Gasteiger partial charge in [0.2, 0.25) is 0 Å². The number of imidazole rings is 1. The number of anilines is 1. The Morgan fingerprint density at radius 3 is 2.40 bits per heavy atom. The molecular weight excluding hydrogens is 520 g/mol. The SMILES string of the molecule is Nc1ncnc2c1ncn2[C@@H]1O[C@H](CO[P+](=O)OP(=O)(O)OC[C@H]2OC(O)[C@@H](O)C2O)C(O)[C@@H]1O. The minimum atomic E-state index is -4.99. The van der Waals surface area contributed by atoms with Crippen molar-refractivity contribution in [1.29, 1.82) is 0 Å². The van der Waals surface area contributed by atoms with Crippen molar-refractivity contribution in [1.82, 2.24) is 19.5 Å². The Kier molecular flexibility index (Phi) is 7.75. The third kappa shape index (κ3) is 5.50. The van der Waals surface area contributed by atoms with Gasteiger partial charge in [-0.05, 0) is 4.31 Å². The van der Waals surface area contributed by atoms with Gasteiger partial charge >= 0.3 is 16.1 Å². The van der Waals surface area contributed by atoms with Crippen LogP contribution >= 0.6 is 16.1 Å². The van der Waals surface area contributed by atoms with Gasteiger partial charge in [0.25, 0.3) is 0 Å². The molecule has 0 amide bonds. The van der Waals surface area contributed by atoms with Crippen LogP contribution in [-0.4, -0.2) is 106 Å². The van der Waals surface area contributed by atoms with Crippen LogP contribution in [0.25, 0.3) is 11.2 Å². The molecule has 5 unspecified atom stereocenters. The number of nitrogens with two attached hydrogens (primary N) is 1. The summed E-state index contributed by atoms with van der Waals surface area (Å²) < 4.78 is 49.3. The summed E-state index contributed by atoms with van der Waals surface area (Å²) in [5.74, 6) is 0.0906. The van der Waals surface area contributed by atoms with Gasteiger partial charge in [-0.3, -0.25) is 14.0 Å². The molecule has 0 radical (unpaired) electrons. The number of aromatic nitrogens is 4. The highest BCUT2D eigenvalue weighted by atomic mass is 31.2. The smallest absolute Gasteiger partial charge is 0.387 e. The number of aliphatic hydroxyl groups excluding tert-OH is 5. The van der Waals surface area contributed by atoms with Crippen molar-refractivity contribution < 1.29 is 62.4 Å². The third-order valence-electron chi connectivity index (χ3n) is 5.25. The third-order valence-corrected chi connectivity index (χ3v) is 7.45. The summed E-state index contributed by atoms with van der Waals surface area (Å²) >= 11 is 0. The fraction of sp³-hybridized carbons (Fsp3) is 0.667. The van der Waals surface area contributed by atoms with E-state index in [-0.39, 0.29) is 17.0 Å². The number of aliphatic hydroxyl groups is 5. The van der Waals surface area contributed by atoms with Crippen molar-refractivity contribution in [3.63, 3.8) is 0 Å². The predicted octanol–water partition coefficient (Wildman–Crippen LogP) is -2.73. The van der Waals surface area contributed by atoms with E-state index in [9.17, 15) is 39.6 Å². The predicted molar refractivity (Wildman–Crippen MR) is 109 cm³/mol. The Morgan fingerprint density at radius 2 is 1.71 bits per heavy atom. The highest BCUT2D eigenvalue weighted by Gasteiger charge is 2.48. The second-order valence-corrected chi connectivity index (χ2v) is 10.1. The van der Waals surface area contributed by atoms with Crippen LogP contribution < -0.4 is 5.73 Å². The van der Waals surface area contributed by atoms with E-state index >= 15 is 0 Å². The standard InChI is InChI=1S/C15H21N5O13P2/c16-12-7-13(18-3-17-12)20(4-19-7)14-10(23)8(21)5(31-14)1-29-34(26)33-35(27,28)30-2-6-9(22)11(24)15(25)32-6/h3-6,8-11,14-15,21-25H,1-2H2,(H2-,16,17,18,27,28)/p+1/t5-,6-,8?,9?,10+,11+,14-,15?/m1/s1. The first kappa shape index (κ1) is 26.3. The maximum Gasteiger partial charge on any atom is 0.708 e. The van der Waals surface area contributed by atoms with Crippen molar-refractivity contribution in [2.24, 2.45) is 0 Å². The molecular formula is C15H22N5O13P2+. The zero-order valence-corrected chi connectivity index (χ0v) is 19.3. The normalized spacial score (nSPS) is 35.4. The van der Waals surface area contributed by atoms with Gasteiger partial charge in [0.1, 0.15) is 55.1 Å². The monoisotopic (exact) mass is 542 g/mol. The summed E-state index contributed by atoms with van der Waals surface area (Å²) in [7, 11) is -8.28. The molecule has 20 heteroatoms. The fourth-order valence-corrected chi connectivity index (χ4v) is 5.11. The lowest BCUT2D eigenvalue weighted by Gasteiger charge is -2.16. The summed E-state index contributed by atoms with van der Waals surface area (Å²) in [5.41, 5.74) is 6.19. The molecule has 2 aromatic rings. The summed E-state index contributed by atoms with van der Waals surface area (Å²) in [6.07, 6.45) is -9.30. The van der Waals surface area contributed by atoms with Gasteiger partial charge in [0, 0.05) is 4.57 Å². The first-order valence-electron chi connectivity index (χ1n) is 9.90. The molecule has 0 aliphatic carbocycles. The average Bonchev–Trinajstić information content (AvgIpc) is 3.43. The van der Waals surface area contributed by atoms with E-state index in [1.807, 2.05) is 0 Å². The van der Waals surface area contributed by atoms with Crippen LogP contribution in [0.2, 0.25) is 0 Å². The van der Waals surface area contributed by atoms with Crippen LogP contribution in [0, 0.1) is 0 Å². The highest BCUT2D eigenvalue weighted by Crippen LogP contribution is 2.53. The van der Waals surface area contributed by atoms with Gasteiger partial charge in [-0.25, -0.2) is 19.5 Å². The van der Waals surface area contributed by atoms with E-state index in [4.69, 9.17) is 19.7 Å². The van der Waals surface area contributed by atoms with Crippen molar-refractivity contribution in [3.8, 4) is 0 Å². The van der Waals surface area contributed by atoms with Crippen LogP contribution in [0.4, 0.5) is 5.82 Å². The number of hydrogen-bond donors (Lipinski definition) is 7. The fourth-order valence-electron chi connectivity index (χ4n) is 3.45. The van der Waals surface area contributed by atoms with Gasteiger partial charge in [0.15, 0.2) is 24.0 Å². The molecule has 0 spiro atoms. The first-order valence-corrected chi connectivity index (χ1v) is 12.5. The molecule has 4 rings (SSSR count). The number of hydrogen-bond acceptors (Lipinski definition) is 16. The topological polar surface area (TPSA) is 271 Å². The molecule has 8 N–H and O–H groups in total. The van der Waals surface area contributed by atoms with Crippen LogP contribution in [0.3, 0.4) is 0 Å². The minimum absolute atomic E-state index is 0.0906. The lowest BCUT2D eigenvalue weighted by molar-refractivity contribution is -0.132. The number of phosphoric acid groups is 1. The van der Waals surface area contributed by atoms with Crippen LogP contribution in [0.5, 0.6) is 0 Å². The second-order valence-electron chi connectivity index (χ2n) is 7.54. The maximum absolute atomic E-state index is 12.0. The van der Waals surface area contributed by atoms with E-state index in [0.717, 1.165) is 0 Å². The summed E-state index contributed by atoms with van der Waals surface area (Å²) in [5, 5.41) is 49.0. The van der Waals surface area contributed by atoms with Crippen LogP contribution in [-0.2, 0) is 32.0 Å². The van der Waals surface area contributed by atoms with Crippen LogP contribution in [0.1, 0.15) is 6.23 Å². The van der Waals surface area contributed by atoms with E-state index in [1.165, 1.54) is 17.2 Å². The quantitative estimate of drug-likeness (QED) is 0.158. The number of nitrogen functional groups attached to an aromatic ring is 1. The highest BCUT2D eigenvalue weighted by molar-refractivity contribution is 7.56. The molecule has 2 aliphatic heterocycles. The molecule has 18 nitrogen and oxygen atoms in total. The molecule has 0 aromatic carbocycles. The summed E-state index contributed by atoms with van der Waals surface area (Å²) in [4.78, 5) is 21.5. The average molecular weight is 542 g/mol. The Bertz CT molecular complexity index is 1120. The van der Waals surface area contributed by atoms with Gasteiger partial charge in [-0.1, -0.05) is 0 Å². The zero-order valence-electron chi connectivity index (χ0n) is 17.5. The first-order chi connectivity index (χ1) is 16.5. The number of ether oxygens (including phenoxy) is 2. The number of nitrogens with zero attached hydrogens (tertiary/aromatic N) is 4. The van der Waals surface area contributed by atoms with Crippen molar-refractivity contribution in [2.45, 2.75) is 49.1 Å². The molecule has 2 aromatic heterocycles. The van der Waals surface area contributed by atoms with E-state index in [0.29, 0.717) is 0 Å². The van der Waals surface area contributed by atoms with Gasteiger partial charge in [0.05, 0.1) is 12.9 Å². The number of rotatable bonds is 9. The largest absolute Gasteiger partial charge is 0.708 e. The Balaban J connectivity index is 1.30. The molecule has 2 aliphatic rings. The van der Waals surface area contributed by atoms with E-state index < -0.39 is 78.4 Å². The minimum Gasteiger partial charge on any atom is -0.387 e. The molecule has 0 bridgehead atoms. The molecule has 35 heavy (non-hydrogen) atoms. The molecule has 0 saturated carbocycles. The Labute approximate surface area is 196 Å². The molecule has 194 valence electrons. The Morgan fingerprint density at radius 1 is 1.03 bits per heavy atom. The van der Waals surface area contributed by atoms with Crippen molar-refractivity contribution in [3.05, 3.63) is 12.7 Å². The Hall–Kier alpha value is -1.76. The lowest BCUT2D eigenvalue weighted by Crippen LogP contribution is -2.34. The van der Waals surface area contributed by atoms with E-state index in [2.05, 4.69) is 23.8 Å². The maximum atomic E-state index is 12.0. The molecule has 4 heterocycles. The number of phosphoric ester groups is 1. The number of fused-ring (bicyclic) bond motifs is 1. The molecule has 2 saturated heterocycles. The lowest BCUT2D eigenvalue weighted by atomic mass is 10.1. The summed E-state index contributed by atoms with van der Waals surface area (Å²) in [6.45, 7) is -1.42. The van der Waals surface area contributed by atoms with E-state index in [1.54, 1.807) is 0 Å².